The summed E-state index contributed by atoms with van der Waals surface area (Å²) in [7, 11) is 0. The van der Waals surface area contributed by atoms with Crippen molar-refractivity contribution >= 4 is 15.9 Å². The van der Waals surface area contributed by atoms with E-state index in [1.54, 1.807) is 6.07 Å². The first-order valence-electron chi connectivity index (χ1n) is 5.02. The van der Waals surface area contributed by atoms with Crippen molar-refractivity contribution in [2.75, 3.05) is 0 Å². The van der Waals surface area contributed by atoms with E-state index in [-0.39, 0.29) is 6.54 Å². The van der Waals surface area contributed by atoms with E-state index in [4.69, 9.17) is 0 Å². The van der Waals surface area contributed by atoms with Gasteiger partial charge in [-0.05, 0) is 19.1 Å². The van der Waals surface area contributed by atoms with Crippen LogP contribution in [0.3, 0.4) is 0 Å². The van der Waals surface area contributed by atoms with Crippen LogP contribution >= 0.6 is 15.9 Å². The predicted molar refractivity (Wildman–Crippen MR) is 61.1 cm³/mol. The molecule has 1 aromatic carbocycles. The highest BCUT2D eigenvalue weighted by Crippen LogP contribution is 2.21. The second-order valence-electron chi connectivity index (χ2n) is 3.84. The Bertz CT molecular complexity index is 378. The molecule has 1 aromatic rings. The van der Waals surface area contributed by atoms with Gasteiger partial charge in [0, 0.05) is 22.6 Å². The maximum Gasteiger partial charge on any atom is 0.390 e. The summed E-state index contributed by atoms with van der Waals surface area (Å²) < 4.78 is 50.1. The van der Waals surface area contributed by atoms with E-state index < -0.39 is 24.5 Å². The Hall–Kier alpha value is -0.620. The van der Waals surface area contributed by atoms with Crippen LogP contribution in [0, 0.1) is 5.82 Å². The molecule has 96 valence electrons. The fourth-order valence-corrected chi connectivity index (χ4v) is 1.70. The van der Waals surface area contributed by atoms with Crippen molar-refractivity contribution < 1.29 is 17.6 Å². The Labute approximate surface area is 105 Å². The van der Waals surface area contributed by atoms with Crippen LogP contribution in [0.5, 0.6) is 0 Å². The summed E-state index contributed by atoms with van der Waals surface area (Å²) in [6, 6.07) is 3.73. The molecule has 0 spiro atoms. The smallest absolute Gasteiger partial charge is 0.310 e. The zero-order chi connectivity index (χ0) is 13.1. The molecule has 0 heterocycles. The van der Waals surface area contributed by atoms with E-state index in [2.05, 4.69) is 21.2 Å². The van der Waals surface area contributed by atoms with Crippen molar-refractivity contribution in [3.8, 4) is 0 Å². The number of hydrogen-bond donors (Lipinski definition) is 1. The minimum atomic E-state index is -4.20. The number of alkyl halides is 3. The predicted octanol–water partition coefficient (Wildman–Crippen LogP) is 4.02. The average molecular weight is 314 g/mol. The molecule has 17 heavy (non-hydrogen) atoms. The monoisotopic (exact) mass is 313 g/mol. The maximum absolute atomic E-state index is 13.3. The van der Waals surface area contributed by atoms with Gasteiger partial charge < -0.3 is 5.32 Å². The van der Waals surface area contributed by atoms with Gasteiger partial charge in [0.25, 0.3) is 0 Å². The molecule has 0 amide bonds. The summed E-state index contributed by atoms with van der Waals surface area (Å²) in [6.45, 7) is 1.50. The molecule has 1 unspecified atom stereocenters. The van der Waals surface area contributed by atoms with Crippen molar-refractivity contribution in [2.45, 2.75) is 32.1 Å². The summed E-state index contributed by atoms with van der Waals surface area (Å²) in [5.41, 5.74) is 0.349. The lowest BCUT2D eigenvalue weighted by molar-refractivity contribution is -0.139. The van der Waals surface area contributed by atoms with Crippen molar-refractivity contribution in [2.24, 2.45) is 0 Å². The highest BCUT2D eigenvalue weighted by Gasteiger charge is 2.29. The zero-order valence-corrected chi connectivity index (χ0v) is 10.7. The van der Waals surface area contributed by atoms with Crippen LogP contribution in [0.4, 0.5) is 17.6 Å². The summed E-state index contributed by atoms with van der Waals surface area (Å²) in [6.07, 6.45) is -5.13. The number of rotatable bonds is 4. The Morgan fingerprint density at radius 2 is 2.00 bits per heavy atom. The molecule has 0 fully saturated rings. The Kier molecular flexibility index (Phi) is 4.94. The fraction of sp³-hybridized carbons (Fsp3) is 0.455. The molecule has 1 N–H and O–H groups in total. The first-order valence-corrected chi connectivity index (χ1v) is 5.81. The standard InChI is InChI=1S/C11H12BrF4N/c1-7(5-11(14,15)16)17-6-8-2-3-9(12)4-10(8)13/h2-4,7,17H,5-6H2,1H3. The van der Waals surface area contributed by atoms with Crippen LogP contribution in [0.1, 0.15) is 18.9 Å². The van der Waals surface area contributed by atoms with Crippen molar-refractivity contribution in [3.05, 3.63) is 34.1 Å². The molecule has 0 aliphatic heterocycles. The number of benzene rings is 1. The third kappa shape index (κ3) is 5.50. The van der Waals surface area contributed by atoms with Gasteiger partial charge in [-0.2, -0.15) is 13.2 Å². The average Bonchev–Trinajstić information content (AvgIpc) is 2.13. The van der Waals surface area contributed by atoms with E-state index in [1.807, 2.05) is 0 Å². The quantitative estimate of drug-likeness (QED) is 0.828. The Morgan fingerprint density at radius 3 is 2.53 bits per heavy atom. The minimum absolute atomic E-state index is 0.0797. The SMILES string of the molecule is CC(CC(F)(F)F)NCc1ccc(Br)cc1F. The molecule has 0 aliphatic rings. The first kappa shape index (κ1) is 14.4. The van der Waals surface area contributed by atoms with Crippen LogP contribution in [-0.4, -0.2) is 12.2 Å². The normalized spacial score (nSPS) is 13.8. The lowest BCUT2D eigenvalue weighted by Gasteiger charge is -2.16. The highest BCUT2D eigenvalue weighted by molar-refractivity contribution is 9.10. The molecule has 1 nitrogen and oxygen atoms in total. The molecule has 0 aromatic heterocycles. The molecule has 0 radical (unpaired) electrons. The van der Waals surface area contributed by atoms with Crippen LogP contribution in [0.2, 0.25) is 0 Å². The molecular formula is C11H12BrF4N. The van der Waals surface area contributed by atoms with E-state index in [1.165, 1.54) is 19.1 Å². The number of hydrogen-bond acceptors (Lipinski definition) is 1. The largest absolute Gasteiger partial charge is 0.390 e. The molecular weight excluding hydrogens is 302 g/mol. The number of halogens is 5. The molecule has 0 aliphatic carbocycles. The molecule has 1 atom stereocenters. The molecule has 1 rings (SSSR count). The van der Waals surface area contributed by atoms with Gasteiger partial charge in [-0.1, -0.05) is 22.0 Å². The first-order chi connectivity index (χ1) is 7.78. The zero-order valence-electron chi connectivity index (χ0n) is 9.11. The molecule has 0 saturated heterocycles. The third-order valence-corrected chi connectivity index (χ3v) is 2.69. The van der Waals surface area contributed by atoms with Gasteiger partial charge in [-0.3, -0.25) is 0 Å². The molecule has 0 bridgehead atoms. The van der Waals surface area contributed by atoms with Gasteiger partial charge in [0.15, 0.2) is 0 Å². The molecule has 6 heteroatoms. The van der Waals surface area contributed by atoms with Crippen molar-refractivity contribution in [1.29, 1.82) is 0 Å². The van der Waals surface area contributed by atoms with Crippen molar-refractivity contribution in [1.82, 2.24) is 5.32 Å². The van der Waals surface area contributed by atoms with Crippen molar-refractivity contribution in [3.63, 3.8) is 0 Å². The Balaban J connectivity index is 2.50. The maximum atomic E-state index is 13.3. The van der Waals surface area contributed by atoms with Crippen LogP contribution in [-0.2, 0) is 6.54 Å². The van der Waals surface area contributed by atoms with Gasteiger partial charge in [-0.15, -0.1) is 0 Å². The van der Waals surface area contributed by atoms with Gasteiger partial charge in [-0.25, -0.2) is 4.39 Å². The van der Waals surface area contributed by atoms with E-state index in [0.717, 1.165) is 0 Å². The van der Waals surface area contributed by atoms with E-state index >= 15 is 0 Å². The summed E-state index contributed by atoms with van der Waals surface area (Å²) in [4.78, 5) is 0. The highest BCUT2D eigenvalue weighted by atomic mass is 79.9. The van der Waals surface area contributed by atoms with Gasteiger partial charge in [0.1, 0.15) is 5.82 Å². The lowest BCUT2D eigenvalue weighted by atomic mass is 10.2. The number of nitrogens with one attached hydrogen (secondary N) is 1. The lowest BCUT2D eigenvalue weighted by Crippen LogP contribution is -2.30. The fourth-order valence-electron chi connectivity index (χ4n) is 1.37. The Morgan fingerprint density at radius 1 is 1.35 bits per heavy atom. The summed E-state index contributed by atoms with van der Waals surface area (Å²) >= 11 is 3.11. The molecule has 0 saturated carbocycles. The van der Waals surface area contributed by atoms with Crippen LogP contribution in [0.15, 0.2) is 22.7 Å². The van der Waals surface area contributed by atoms with Crippen LogP contribution < -0.4 is 5.32 Å². The topological polar surface area (TPSA) is 12.0 Å². The second kappa shape index (κ2) is 5.82. The van der Waals surface area contributed by atoms with Crippen LogP contribution in [0.25, 0.3) is 0 Å². The third-order valence-electron chi connectivity index (χ3n) is 2.19. The van der Waals surface area contributed by atoms with E-state index in [9.17, 15) is 17.6 Å². The summed E-state index contributed by atoms with van der Waals surface area (Å²) in [5.74, 6) is -0.439. The second-order valence-corrected chi connectivity index (χ2v) is 4.75. The van der Waals surface area contributed by atoms with E-state index in [0.29, 0.717) is 10.0 Å². The summed E-state index contributed by atoms with van der Waals surface area (Å²) in [5, 5.41) is 2.64. The van der Waals surface area contributed by atoms with Gasteiger partial charge in [0.2, 0.25) is 0 Å². The van der Waals surface area contributed by atoms with Gasteiger partial charge >= 0.3 is 6.18 Å². The van der Waals surface area contributed by atoms with Gasteiger partial charge in [0.05, 0.1) is 6.42 Å². The minimum Gasteiger partial charge on any atom is -0.310 e.